The molecule has 0 aliphatic carbocycles. The van der Waals surface area contributed by atoms with Gasteiger partial charge in [-0.15, -0.1) is 6.58 Å². The number of ether oxygens (including phenoxy) is 1. The molecule has 3 heteroatoms. The Hall–Kier alpha value is -1.32. The van der Waals surface area contributed by atoms with Crippen LogP contribution in [0, 0.1) is 6.92 Å². The Morgan fingerprint density at radius 3 is 2.94 bits per heavy atom. The van der Waals surface area contributed by atoms with Gasteiger partial charge in [0, 0.05) is 6.54 Å². The van der Waals surface area contributed by atoms with Gasteiger partial charge >= 0.3 is 0 Å². The summed E-state index contributed by atoms with van der Waals surface area (Å²) >= 11 is 0. The standard InChI is InChI=1S/C13H19NO2/c1-3-5-11-7-4-6-10(2)13(11)16-9-12(15)8-14/h3-4,6-7,12,15H,1,5,8-9,14H2,2H3. The molecule has 0 heterocycles. The lowest BCUT2D eigenvalue weighted by Crippen LogP contribution is -2.27. The van der Waals surface area contributed by atoms with Crippen molar-refractivity contribution in [2.45, 2.75) is 19.4 Å². The van der Waals surface area contributed by atoms with E-state index in [4.69, 9.17) is 10.5 Å². The molecule has 16 heavy (non-hydrogen) atoms. The van der Waals surface area contributed by atoms with Gasteiger partial charge in [0.1, 0.15) is 18.5 Å². The summed E-state index contributed by atoms with van der Waals surface area (Å²) in [5.74, 6) is 0.829. The van der Waals surface area contributed by atoms with Crippen molar-refractivity contribution in [2.75, 3.05) is 13.2 Å². The molecule has 0 radical (unpaired) electrons. The third-order valence-corrected chi connectivity index (χ3v) is 2.35. The van der Waals surface area contributed by atoms with Gasteiger partial charge in [-0.1, -0.05) is 24.3 Å². The average Bonchev–Trinajstić information content (AvgIpc) is 2.28. The third-order valence-electron chi connectivity index (χ3n) is 2.35. The molecule has 3 N–H and O–H groups in total. The zero-order chi connectivity index (χ0) is 12.0. The van der Waals surface area contributed by atoms with Crippen molar-refractivity contribution < 1.29 is 9.84 Å². The van der Waals surface area contributed by atoms with Crippen LogP contribution in [0.5, 0.6) is 5.75 Å². The van der Waals surface area contributed by atoms with Crippen LogP contribution < -0.4 is 10.5 Å². The van der Waals surface area contributed by atoms with Gasteiger partial charge in [0.25, 0.3) is 0 Å². The van der Waals surface area contributed by atoms with E-state index >= 15 is 0 Å². The highest BCUT2D eigenvalue weighted by Crippen LogP contribution is 2.24. The van der Waals surface area contributed by atoms with Crippen LogP contribution >= 0.6 is 0 Å². The molecule has 1 atom stereocenters. The fourth-order valence-corrected chi connectivity index (χ4v) is 1.48. The molecule has 0 aliphatic rings. The van der Waals surface area contributed by atoms with E-state index < -0.39 is 6.10 Å². The van der Waals surface area contributed by atoms with Crippen LogP contribution in [0.2, 0.25) is 0 Å². The number of para-hydroxylation sites is 1. The van der Waals surface area contributed by atoms with Crippen LogP contribution in [-0.4, -0.2) is 24.4 Å². The van der Waals surface area contributed by atoms with Gasteiger partial charge in [-0.3, -0.25) is 0 Å². The summed E-state index contributed by atoms with van der Waals surface area (Å²) in [6.45, 7) is 6.13. The lowest BCUT2D eigenvalue weighted by molar-refractivity contribution is 0.113. The number of aryl methyl sites for hydroxylation is 1. The van der Waals surface area contributed by atoms with E-state index in [1.165, 1.54) is 0 Å². The van der Waals surface area contributed by atoms with Gasteiger partial charge in [-0.25, -0.2) is 0 Å². The van der Waals surface area contributed by atoms with Crippen molar-refractivity contribution in [1.82, 2.24) is 0 Å². The lowest BCUT2D eigenvalue weighted by Gasteiger charge is -2.15. The van der Waals surface area contributed by atoms with E-state index in [-0.39, 0.29) is 13.2 Å². The molecule has 1 unspecified atom stereocenters. The molecule has 0 aliphatic heterocycles. The maximum Gasteiger partial charge on any atom is 0.125 e. The summed E-state index contributed by atoms with van der Waals surface area (Å²) in [6, 6.07) is 5.97. The second kappa shape index (κ2) is 6.30. The quantitative estimate of drug-likeness (QED) is 0.714. The number of aliphatic hydroxyl groups excluding tert-OH is 1. The van der Waals surface area contributed by atoms with Gasteiger partial charge in [0.15, 0.2) is 0 Å². The van der Waals surface area contributed by atoms with E-state index in [0.29, 0.717) is 0 Å². The molecule has 0 fully saturated rings. The zero-order valence-electron chi connectivity index (χ0n) is 9.65. The van der Waals surface area contributed by atoms with Crippen LogP contribution in [0.25, 0.3) is 0 Å². The van der Waals surface area contributed by atoms with Crippen molar-refractivity contribution in [1.29, 1.82) is 0 Å². The van der Waals surface area contributed by atoms with Crippen molar-refractivity contribution in [3.05, 3.63) is 42.0 Å². The highest BCUT2D eigenvalue weighted by atomic mass is 16.5. The van der Waals surface area contributed by atoms with E-state index in [1.807, 2.05) is 31.2 Å². The Labute approximate surface area is 96.5 Å². The maximum absolute atomic E-state index is 9.36. The summed E-state index contributed by atoms with van der Waals surface area (Å²) in [6.07, 6.45) is 1.98. The minimum atomic E-state index is -0.615. The molecule has 1 aromatic rings. The molecular formula is C13H19NO2. The predicted octanol–water partition coefficient (Wildman–Crippen LogP) is 1.42. The number of nitrogens with two attached hydrogens (primary N) is 1. The van der Waals surface area contributed by atoms with Gasteiger partial charge in [0.2, 0.25) is 0 Å². The van der Waals surface area contributed by atoms with Gasteiger partial charge in [0.05, 0.1) is 0 Å². The minimum absolute atomic E-state index is 0.211. The summed E-state index contributed by atoms with van der Waals surface area (Å²) in [4.78, 5) is 0. The van der Waals surface area contributed by atoms with Gasteiger partial charge in [-0.05, 0) is 24.5 Å². The SMILES string of the molecule is C=CCc1cccc(C)c1OCC(O)CN. The lowest BCUT2D eigenvalue weighted by atomic mass is 10.1. The molecule has 0 bridgehead atoms. The van der Waals surface area contributed by atoms with Crippen molar-refractivity contribution in [2.24, 2.45) is 5.73 Å². The largest absolute Gasteiger partial charge is 0.490 e. The van der Waals surface area contributed by atoms with E-state index in [0.717, 1.165) is 23.3 Å². The average molecular weight is 221 g/mol. The first-order chi connectivity index (χ1) is 7.69. The minimum Gasteiger partial charge on any atom is -0.490 e. The molecule has 0 amide bonds. The van der Waals surface area contributed by atoms with E-state index in [1.54, 1.807) is 0 Å². The number of benzene rings is 1. The second-order valence-electron chi connectivity index (χ2n) is 3.76. The second-order valence-corrected chi connectivity index (χ2v) is 3.76. The molecule has 88 valence electrons. The van der Waals surface area contributed by atoms with Crippen molar-refractivity contribution >= 4 is 0 Å². The Bertz CT molecular complexity index is 350. The number of aliphatic hydroxyl groups is 1. The molecule has 1 rings (SSSR count). The van der Waals surface area contributed by atoms with Crippen molar-refractivity contribution in [3.63, 3.8) is 0 Å². The Morgan fingerprint density at radius 1 is 1.56 bits per heavy atom. The van der Waals surface area contributed by atoms with Crippen LogP contribution in [0.3, 0.4) is 0 Å². The van der Waals surface area contributed by atoms with Crippen LogP contribution in [-0.2, 0) is 6.42 Å². The molecule has 0 saturated carbocycles. The highest BCUT2D eigenvalue weighted by Gasteiger charge is 2.08. The third kappa shape index (κ3) is 3.36. The van der Waals surface area contributed by atoms with Crippen molar-refractivity contribution in [3.8, 4) is 5.75 Å². The van der Waals surface area contributed by atoms with Crippen LogP contribution in [0.15, 0.2) is 30.9 Å². The molecule has 1 aromatic carbocycles. The molecule has 0 saturated heterocycles. The first kappa shape index (κ1) is 12.7. The summed E-state index contributed by atoms with van der Waals surface area (Å²) in [5.41, 5.74) is 7.47. The van der Waals surface area contributed by atoms with Gasteiger partial charge in [-0.2, -0.15) is 0 Å². The smallest absolute Gasteiger partial charge is 0.125 e. The molecule has 0 spiro atoms. The van der Waals surface area contributed by atoms with Gasteiger partial charge < -0.3 is 15.6 Å². The van der Waals surface area contributed by atoms with E-state index in [2.05, 4.69) is 6.58 Å². The fourth-order valence-electron chi connectivity index (χ4n) is 1.48. The number of rotatable bonds is 6. The maximum atomic E-state index is 9.36. The fraction of sp³-hybridized carbons (Fsp3) is 0.385. The zero-order valence-corrected chi connectivity index (χ0v) is 9.65. The first-order valence-corrected chi connectivity index (χ1v) is 5.39. The predicted molar refractivity (Wildman–Crippen MR) is 65.6 cm³/mol. The monoisotopic (exact) mass is 221 g/mol. The summed E-state index contributed by atoms with van der Waals surface area (Å²) < 4.78 is 5.60. The van der Waals surface area contributed by atoms with E-state index in [9.17, 15) is 5.11 Å². The first-order valence-electron chi connectivity index (χ1n) is 5.39. The Balaban J connectivity index is 2.79. The number of hydrogen-bond acceptors (Lipinski definition) is 3. The molecule has 0 aromatic heterocycles. The van der Waals surface area contributed by atoms with Crippen LogP contribution in [0.4, 0.5) is 0 Å². The molecular weight excluding hydrogens is 202 g/mol. The summed E-state index contributed by atoms with van der Waals surface area (Å²) in [7, 11) is 0. The number of hydrogen-bond donors (Lipinski definition) is 2. The molecule has 3 nitrogen and oxygen atoms in total. The summed E-state index contributed by atoms with van der Waals surface area (Å²) in [5, 5.41) is 9.36. The Morgan fingerprint density at radius 2 is 2.31 bits per heavy atom. The normalized spacial score (nSPS) is 12.2. The Kier molecular flexibility index (Phi) is 5.02. The van der Waals surface area contributed by atoms with Crippen LogP contribution in [0.1, 0.15) is 11.1 Å². The topological polar surface area (TPSA) is 55.5 Å². The highest BCUT2D eigenvalue weighted by molar-refractivity contribution is 5.41. The number of allylic oxidation sites excluding steroid dienone is 1.